The van der Waals surface area contributed by atoms with E-state index < -0.39 is 0 Å². The van der Waals surface area contributed by atoms with Crippen molar-refractivity contribution in [1.82, 2.24) is 5.32 Å². The molecule has 0 aromatic heterocycles. The summed E-state index contributed by atoms with van der Waals surface area (Å²) in [5.74, 6) is 1.19. The van der Waals surface area contributed by atoms with Crippen LogP contribution in [0.3, 0.4) is 0 Å². The third-order valence-corrected chi connectivity index (χ3v) is 4.09. The second-order valence-corrected chi connectivity index (χ2v) is 5.58. The van der Waals surface area contributed by atoms with E-state index in [9.17, 15) is 0 Å². The van der Waals surface area contributed by atoms with E-state index >= 15 is 0 Å². The van der Waals surface area contributed by atoms with Crippen molar-refractivity contribution in [2.24, 2.45) is 0 Å². The first-order valence-electron chi connectivity index (χ1n) is 5.65. The standard InChI is InChI=1S/C13H21NS2/c1-4-12(10-15-2)14-9-11-5-7-13(16-3)8-6-11/h5-8,12,14H,4,9-10H2,1-3H3. The van der Waals surface area contributed by atoms with Crippen LogP contribution in [0.2, 0.25) is 0 Å². The zero-order valence-electron chi connectivity index (χ0n) is 10.3. The van der Waals surface area contributed by atoms with E-state index in [0.29, 0.717) is 6.04 Å². The molecule has 0 amide bonds. The normalized spacial score (nSPS) is 12.7. The summed E-state index contributed by atoms with van der Waals surface area (Å²) in [6.07, 6.45) is 5.47. The maximum absolute atomic E-state index is 3.60. The fraction of sp³-hybridized carbons (Fsp3) is 0.538. The van der Waals surface area contributed by atoms with Gasteiger partial charge in [-0.15, -0.1) is 11.8 Å². The zero-order valence-corrected chi connectivity index (χ0v) is 12.0. The van der Waals surface area contributed by atoms with E-state index in [1.807, 2.05) is 11.8 Å². The number of benzene rings is 1. The Morgan fingerprint density at radius 3 is 2.38 bits per heavy atom. The van der Waals surface area contributed by atoms with Crippen LogP contribution in [-0.4, -0.2) is 24.3 Å². The van der Waals surface area contributed by atoms with E-state index in [4.69, 9.17) is 0 Å². The highest BCUT2D eigenvalue weighted by molar-refractivity contribution is 7.98. The number of nitrogens with one attached hydrogen (secondary N) is 1. The van der Waals surface area contributed by atoms with Gasteiger partial charge in [0.15, 0.2) is 0 Å². The highest BCUT2D eigenvalue weighted by Crippen LogP contribution is 2.15. The van der Waals surface area contributed by atoms with E-state index in [2.05, 4.69) is 49.0 Å². The molecule has 0 aliphatic carbocycles. The van der Waals surface area contributed by atoms with Crippen molar-refractivity contribution < 1.29 is 0 Å². The topological polar surface area (TPSA) is 12.0 Å². The second kappa shape index (κ2) is 8.04. The van der Waals surface area contributed by atoms with Gasteiger partial charge >= 0.3 is 0 Å². The van der Waals surface area contributed by atoms with Gasteiger partial charge in [-0.3, -0.25) is 0 Å². The first kappa shape index (κ1) is 13.9. The summed E-state index contributed by atoms with van der Waals surface area (Å²) < 4.78 is 0. The smallest absolute Gasteiger partial charge is 0.0208 e. The predicted molar refractivity (Wildman–Crippen MR) is 77.5 cm³/mol. The van der Waals surface area contributed by atoms with Crippen LogP contribution in [0.4, 0.5) is 0 Å². The Morgan fingerprint density at radius 2 is 1.88 bits per heavy atom. The average Bonchev–Trinajstić information content (AvgIpc) is 2.35. The Morgan fingerprint density at radius 1 is 1.19 bits per heavy atom. The first-order chi connectivity index (χ1) is 7.80. The molecule has 1 nitrogen and oxygen atoms in total. The summed E-state index contributed by atoms with van der Waals surface area (Å²) in [7, 11) is 0. The van der Waals surface area contributed by atoms with Crippen LogP contribution < -0.4 is 5.32 Å². The maximum Gasteiger partial charge on any atom is 0.0208 e. The molecule has 0 bridgehead atoms. The Balaban J connectivity index is 2.40. The molecule has 0 fully saturated rings. The summed E-state index contributed by atoms with van der Waals surface area (Å²) in [5.41, 5.74) is 1.37. The lowest BCUT2D eigenvalue weighted by Crippen LogP contribution is -2.30. The summed E-state index contributed by atoms with van der Waals surface area (Å²) in [5, 5.41) is 3.60. The van der Waals surface area contributed by atoms with Crippen LogP contribution in [0.1, 0.15) is 18.9 Å². The molecule has 0 spiro atoms. The molecule has 16 heavy (non-hydrogen) atoms. The highest BCUT2D eigenvalue weighted by Gasteiger charge is 2.04. The van der Waals surface area contributed by atoms with Crippen molar-refractivity contribution in [1.29, 1.82) is 0 Å². The minimum Gasteiger partial charge on any atom is -0.309 e. The van der Waals surface area contributed by atoms with Gasteiger partial charge in [-0.05, 0) is 36.6 Å². The SMILES string of the molecule is CCC(CSC)NCc1ccc(SC)cc1. The molecular formula is C13H21NS2. The van der Waals surface area contributed by atoms with Gasteiger partial charge < -0.3 is 5.32 Å². The van der Waals surface area contributed by atoms with Crippen LogP contribution in [0.25, 0.3) is 0 Å². The fourth-order valence-corrected chi connectivity index (χ4v) is 2.69. The van der Waals surface area contributed by atoms with Gasteiger partial charge in [0, 0.05) is 23.2 Å². The Bertz CT molecular complexity index is 284. The molecule has 90 valence electrons. The fourth-order valence-electron chi connectivity index (χ4n) is 1.53. The van der Waals surface area contributed by atoms with Crippen LogP contribution in [-0.2, 0) is 6.54 Å². The monoisotopic (exact) mass is 255 g/mol. The molecule has 1 rings (SSSR count). The lowest BCUT2D eigenvalue weighted by atomic mass is 10.2. The molecule has 0 aliphatic rings. The molecule has 1 atom stereocenters. The zero-order chi connectivity index (χ0) is 11.8. The van der Waals surface area contributed by atoms with Crippen LogP contribution in [0, 0.1) is 0 Å². The molecular weight excluding hydrogens is 234 g/mol. The summed E-state index contributed by atoms with van der Waals surface area (Å²) >= 11 is 3.70. The Hall–Kier alpha value is -0.120. The van der Waals surface area contributed by atoms with Crippen molar-refractivity contribution in [3.63, 3.8) is 0 Å². The van der Waals surface area contributed by atoms with Gasteiger partial charge in [-0.25, -0.2) is 0 Å². The third-order valence-electron chi connectivity index (χ3n) is 2.61. The van der Waals surface area contributed by atoms with E-state index in [1.165, 1.54) is 22.6 Å². The largest absolute Gasteiger partial charge is 0.309 e. The number of rotatable bonds is 7. The Labute approximate surface area is 108 Å². The molecule has 1 N–H and O–H groups in total. The maximum atomic E-state index is 3.60. The lowest BCUT2D eigenvalue weighted by molar-refractivity contribution is 0.541. The minimum atomic E-state index is 0.634. The quantitative estimate of drug-likeness (QED) is 0.747. The molecule has 0 heterocycles. The van der Waals surface area contributed by atoms with Gasteiger partial charge in [0.05, 0.1) is 0 Å². The third kappa shape index (κ3) is 4.81. The molecule has 0 saturated heterocycles. The van der Waals surface area contributed by atoms with Crippen LogP contribution in [0.15, 0.2) is 29.2 Å². The van der Waals surface area contributed by atoms with Crippen molar-refractivity contribution in [2.45, 2.75) is 30.8 Å². The van der Waals surface area contributed by atoms with Gasteiger partial charge in [-0.1, -0.05) is 19.1 Å². The number of thioether (sulfide) groups is 2. The van der Waals surface area contributed by atoms with Crippen molar-refractivity contribution in [3.05, 3.63) is 29.8 Å². The van der Waals surface area contributed by atoms with Gasteiger partial charge in [0.25, 0.3) is 0 Å². The molecule has 1 unspecified atom stereocenters. The summed E-state index contributed by atoms with van der Waals surface area (Å²) in [4.78, 5) is 1.33. The van der Waals surface area contributed by atoms with E-state index in [0.717, 1.165) is 6.54 Å². The van der Waals surface area contributed by atoms with E-state index in [-0.39, 0.29) is 0 Å². The van der Waals surface area contributed by atoms with Crippen molar-refractivity contribution >= 4 is 23.5 Å². The predicted octanol–water partition coefficient (Wildman–Crippen LogP) is 3.64. The van der Waals surface area contributed by atoms with Gasteiger partial charge in [0.1, 0.15) is 0 Å². The summed E-state index contributed by atoms with van der Waals surface area (Å²) in [6.45, 7) is 3.22. The second-order valence-electron chi connectivity index (χ2n) is 3.79. The number of hydrogen-bond acceptors (Lipinski definition) is 3. The average molecular weight is 255 g/mol. The first-order valence-corrected chi connectivity index (χ1v) is 8.27. The van der Waals surface area contributed by atoms with Gasteiger partial charge in [0.2, 0.25) is 0 Å². The molecule has 1 aromatic rings. The summed E-state index contributed by atoms with van der Waals surface area (Å²) in [6, 6.07) is 9.44. The molecule has 0 radical (unpaired) electrons. The number of hydrogen-bond donors (Lipinski definition) is 1. The van der Waals surface area contributed by atoms with Crippen molar-refractivity contribution in [3.8, 4) is 0 Å². The molecule has 0 aliphatic heterocycles. The highest BCUT2D eigenvalue weighted by atomic mass is 32.2. The van der Waals surface area contributed by atoms with Gasteiger partial charge in [-0.2, -0.15) is 11.8 Å². The van der Waals surface area contributed by atoms with Crippen LogP contribution >= 0.6 is 23.5 Å². The molecule has 0 saturated carbocycles. The van der Waals surface area contributed by atoms with Crippen molar-refractivity contribution in [2.75, 3.05) is 18.3 Å². The molecule has 1 aromatic carbocycles. The van der Waals surface area contributed by atoms with Crippen LogP contribution in [0.5, 0.6) is 0 Å². The minimum absolute atomic E-state index is 0.634. The molecule has 3 heteroatoms. The lowest BCUT2D eigenvalue weighted by Gasteiger charge is -2.15. The van der Waals surface area contributed by atoms with E-state index in [1.54, 1.807) is 11.8 Å². The Kier molecular flexibility index (Phi) is 7.01.